The predicted octanol–water partition coefficient (Wildman–Crippen LogP) is 3.89. The molecule has 5 nitrogen and oxygen atoms in total. The van der Waals surface area contributed by atoms with Crippen molar-refractivity contribution in [3.8, 4) is 0 Å². The third-order valence-electron chi connectivity index (χ3n) is 5.62. The molecular formula is C22H36O5. The molecule has 0 spiro atoms. The molecule has 0 aromatic carbocycles. The third-order valence-corrected chi connectivity index (χ3v) is 5.62. The van der Waals surface area contributed by atoms with Gasteiger partial charge >= 0.3 is 5.97 Å². The summed E-state index contributed by atoms with van der Waals surface area (Å²) in [6.45, 7) is 6.20. The van der Waals surface area contributed by atoms with Crippen LogP contribution >= 0.6 is 0 Å². The molecule has 1 aliphatic rings. The van der Waals surface area contributed by atoms with Gasteiger partial charge in [-0.05, 0) is 31.1 Å². The molecule has 2 unspecified atom stereocenters. The van der Waals surface area contributed by atoms with Gasteiger partial charge in [0, 0.05) is 24.3 Å². The third kappa shape index (κ3) is 7.97. The Kier molecular flexibility index (Phi) is 9.95. The Bertz CT molecular complexity index is 535. The zero-order chi connectivity index (χ0) is 20.4. The first kappa shape index (κ1) is 23.6. The Hall–Kier alpha value is -1.46. The zero-order valence-electron chi connectivity index (χ0n) is 16.9. The molecule has 0 aromatic rings. The summed E-state index contributed by atoms with van der Waals surface area (Å²) in [5.41, 5.74) is -0.230. The van der Waals surface area contributed by atoms with E-state index in [9.17, 15) is 19.8 Å². The maximum Gasteiger partial charge on any atom is 0.327 e. The zero-order valence-corrected chi connectivity index (χ0v) is 16.9. The van der Waals surface area contributed by atoms with Crippen molar-refractivity contribution < 1.29 is 24.9 Å². The van der Waals surface area contributed by atoms with E-state index in [1.54, 1.807) is 12.2 Å². The van der Waals surface area contributed by atoms with Gasteiger partial charge < -0.3 is 15.3 Å². The van der Waals surface area contributed by atoms with Crippen LogP contribution in [0.25, 0.3) is 0 Å². The fraction of sp³-hybridized carbons (Fsp3) is 0.727. The summed E-state index contributed by atoms with van der Waals surface area (Å²) in [5, 5.41) is 29.3. The van der Waals surface area contributed by atoms with E-state index in [0.717, 1.165) is 38.2 Å². The number of unbranched alkanes of at least 4 members (excludes halogenated alkanes) is 3. The van der Waals surface area contributed by atoms with Crippen molar-refractivity contribution in [3.63, 3.8) is 0 Å². The SMILES string of the molecule is CCCCC(C)(C)C(O)C=C[C@H]1C(O)CC(=O)[C@@H]1CCCCC=CC(=O)O. The lowest BCUT2D eigenvalue weighted by Crippen LogP contribution is -2.28. The van der Waals surface area contributed by atoms with Crippen LogP contribution in [0, 0.1) is 17.3 Å². The van der Waals surface area contributed by atoms with E-state index in [1.165, 1.54) is 0 Å². The molecule has 0 bridgehead atoms. The summed E-state index contributed by atoms with van der Waals surface area (Å²) < 4.78 is 0. The molecule has 0 aliphatic heterocycles. The molecular weight excluding hydrogens is 344 g/mol. The highest BCUT2D eigenvalue weighted by molar-refractivity contribution is 5.84. The quantitative estimate of drug-likeness (QED) is 0.271. The van der Waals surface area contributed by atoms with Crippen LogP contribution in [0.2, 0.25) is 0 Å². The predicted molar refractivity (Wildman–Crippen MR) is 106 cm³/mol. The van der Waals surface area contributed by atoms with Crippen LogP contribution in [-0.4, -0.2) is 39.3 Å². The van der Waals surface area contributed by atoms with Crippen LogP contribution in [0.15, 0.2) is 24.3 Å². The van der Waals surface area contributed by atoms with Crippen LogP contribution < -0.4 is 0 Å². The monoisotopic (exact) mass is 380 g/mol. The van der Waals surface area contributed by atoms with Crippen molar-refractivity contribution in [1.29, 1.82) is 0 Å². The topological polar surface area (TPSA) is 94.8 Å². The van der Waals surface area contributed by atoms with Crippen LogP contribution in [0.3, 0.4) is 0 Å². The summed E-state index contributed by atoms with van der Waals surface area (Å²) in [7, 11) is 0. The fourth-order valence-corrected chi connectivity index (χ4v) is 3.68. The number of ketones is 1. The number of rotatable bonds is 12. The van der Waals surface area contributed by atoms with E-state index in [-0.39, 0.29) is 29.5 Å². The minimum atomic E-state index is -0.949. The maximum atomic E-state index is 12.2. The van der Waals surface area contributed by atoms with Crippen LogP contribution in [0.5, 0.6) is 0 Å². The fourth-order valence-electron chi connectivity index (χ4n) is 3.68. The Morgan fingerprint density at radius 2 is 2.00 bits per heavy atom. The molecule has 154 valence electrons. The number of aliphatic hydroxyl groups excluding tert-OH is 2. The summed E-state index contributed by atoms with van der Waals surface area (Å²) in [6.07, 6.45) is 11.3. The molecule has 1 fully saturated rings. The van der Waals surface area contributed by atoms with Crippen LogP contribution in [-0.2, 0) is 9.59 Å². The molecule has 0 amide bonds. The van der Waals surface area contributed by atoms with Crippen molar-refractivity contribution in [2.24, 2.45) is 17.3 Å². The summed E-state index contributed by atoms with van der Waals surface area (Å²) in [5.74, 6) is -1.33. The molecule has 0 heterocycles. The van der Waals surface area contributed by atoms with Gasteiger partial charge in [-0.15, -0.1) is 0 Å². The number of aliphatic hydroxyl groups is 2. The Morgan fingerprint density at radius 1 is 1.30 bits per heavy atom. The molecule has 3 N–H and O–H groups in total. The summed E-state index contributed by atoms with van der Waals surface area (Å²) >= 11 is 0. The number of carbonyl (C=O) groups excluding carboxylic acids is 1. The smallest absolute Gasteiger partial charge is 0.327 e. The first-order chi connectivity index (χ1) is 12.7. The number of hydrogen-bond donors (Lipinski definition) is 3. The van der Waals surface area contributed by atoms with E-state index in [0.29, 0.717) is 12.8 Å². The number of carbonyl (C=O) groups is 2. The van der Waals surface area contributed by atoms with Crippen molar-refractivity contribution in [2.75, 3.05) is 0 Å². The molecule has 0 radical (unpaired) electrons. The highest BCUT2D eigenvalue weighted by Gasteiger charge is 2.39. The van der Waals surface area contributed by atoms with Gasteiger partial charge in [0.1, 0.15) is 5.78 Å². The average molecular weight is 381 g/mol. The van der Waals surface area contributed by atoms with E-state index in [4.69, 9.17) is 5.11 Å². The lowest BCUT2D eigenvalue weighted by molar-refractivity contribution is -0.131. The summed E-state index contributed by atoms with van der Waals surface area (Å²) in [4.78, 5) is 22.7. The second-order valence-electron chi connectivity index (χ2n) is 8.37. The van der Waals surface area contributed by atoms with Crippen molar-refractivity contribution in [3.05, 3.63) is 24.3 Å². The van der Waals surface area contributed by atoms with E-state index >= 15 is 0 Å². The van der Waals surface area contributed by atoms with Gasteiger partial charge in [0.05, 0.1) is 12.2 Å². The minimum absolute atomic E-state index is 0.0814. The summed E-state index contributed by atoms with van der Waals surface area (Å²) in [6, 6.07) is 0. The van der Waals surface area contributed by atoms with E-state index in [2.05, 4.69) is 6.92 Å². The van der Waals surface area contributed by atoms with Crippen LogP contribution in [0.1, 0.15) is 72.1 Å². The molecule has 0 aromatic heterocycles. The van der Waals surface area contributed by atoms with Crippen LogP contribution in [0.4, 0.5) is 0 Å². The molecule has 1 rings (SSSR count). The lowest BCUT2D eigenvalue weighted by Gasteiger charge is -2.29. The van der Waals surface area contributed by atoms with Gasteiger partial charge in [-0.25, -0.2) is 4.79 Å². The van der Waals surface area contributed by atoms with E-state index < -0.39 is 18.2 Å². The first-order valence-electron chi connectivity index (χ1n) is 10.2. The molecule has 0 saturated heterocycles. The number of carboxylic acids is 1. The van der Waals surface area contributed by atoms with Gasteiger partial charge in [0.2, 0.25) is 0 Å². The standard InChI is InChI=1S/C22H36O5/c1-4-5-14-22(2,3)20(25)13-12-17-16(18(23)15-19(17)24)10-8-6-7-9-11-21(26)27/h9,11-13,16-17,19-20,24-25H,4-8,10,14-15H2,1-3H3,(H,26,27)/t16-,17-,19?,20?/m1/s1. The molecule has 5 heteroatoms. The van der Waals surface area contributed by atoms with Crippen molar-refractivity contribution in [1.82, 2.24) is 0 Å². The normalized spacial score (nSPS) is 24.9. The van der Waals surface area contributed by atoms with Gasteiger partial charge in [0.15, 0.2) is 0 Å². The minimum Gasteiger partial charge on any atom is -0.478 e. The average Bonchev–Trinajstić information content (AvgIpc) is 2.86. The second-order valence-corrected chi connectivity index (χ2v) is 8.37. The van der Waals surface area contributed by atoms with E-state index in [1.807, 2.05) is 19.9 Å². The van der Waals surface area contributed by atoms with Gasteiger partial charge in [-0.1, -0.05) is 58.3 Å². The largest absolute Gasteiger partial charge is 0.478 e. The first-order valence-corrected chi connectivity index (χ1v) is 10.2. The number of hydrogen-bond acceptors (Lipinski definition) is 4. The highest BCUT2D eigenvalue weighted by Crippen LogP contribution is 2.35. The maximum absolute atomic E-state index is 12.2. The Balaban J connectivity index is 2.60. The number of allylic oxidation sites excluding steroid dienone is 1. The number of aliphatic carboxylic acids is 1. The highest BCUT2D eigenvalue weighted by atomic mass is 16.4. The molecule has 1 aliphatic carbocycles. The van der Waals surface area contributed by atoms with Crippen molar-refractivity contribution in [2.45, 2.75) is 84.3 Å². The van der Waals surface area contributed by atoms with Gasteiger partial charge in [-0.3, -0.25) is 4.79 Å². The van der Waals surface area contributed by atoms with Gasteiger partial charge in [0.25, 0.3) is 0 Å². The molecule has 1 saturated carbocycles. The number of carboxylic acid groups (broad SMARTS) is 1. The second kappa shape index (κ2) is 11.4. The van der Waals surface area contributed by atoms with Crippen molar-refractivity contribution >= 4 is 11.8 Å². The van der Waals surface area contributed by atoms with Gasteiger partial charge in [-0.2, -0.15) is 0 Å². The molecule has 4 atom stereocenters. The lowest BCUT2D eigenvalue weighted by atomic mass is 9.80. The number of Topliss-reactive ketones (excluding diaryl/α,β-unsaturated/α-hetero) is 1. The molecule has 27 heavy (non-hydrogen) atoms. The Labute approximate surface area is 163 Å². The Morgan fingerprint density at radius 3 is 2.63 bits per heavy atom.